The van der Waals surface area contributed by atoms with Crippen LogP contribution in [0.4, 0.5) is 5.69 Å². The highest BCUT2D eigenvalue weighted by molar-refractivity contribution is 7.92. The van der Waals surface area contributed by atoms with Gasteiger partial charge in [-0.2, -0.15) is 0 Å². The number of carbonyl (C=O) groups is 1. The van der Waals surface area contributed by atoms with Crippen molar-refractivity contribution in [1.29, 1.82) is 0 Å². The quantitative estimate of drug-likeness (QED) is 0.704. The molecule has 156 valence electrons. The minimum absolute atomic E-state index is 0.0294. The molecule has 6 nitrogen and oxygen atoms in total. The van der Waals surface area contributed by atoms with Gasteiger partial charge in [0.05, 0.1) is 18.5 Å². The number of para-hydroxylation sites is 2. The van der Waals surface area contributed by atoms with E-state index in [2.05, 4.69) is 43.4 Å². The largest absolute Gasteiger partial charge is 0.476 e. The van der Waals surface area contributed by atoms with E-state index >= 15 is 0 Å². The van der Waals surface area contributed by atoms with Gasteiger partial charge in [-0.15, -0.1) is 0 Å². The molecule has 1 N–H and O–H groups in total. The van der Waals surface area contributed by atoms with E-state index in [-0.39, 0.29) is 12.5 Å². The Kier molecular flexibility index (Phi) is 6.47. The molecule has 2 aromatic rings. The predicted octanol–water partition coefficient (Wildman–Crippen LogP) is 3.09. The minimum Gasteiger partial charge on any atom is -0.476 e. The Morgan fingerprint density at radius 2 is 1.86 bits per heavy atom. The first-order valence-corrected chi connectivity index (χ1v) is 11.7. The molecule has 0 fully saturated rings. The molecule has 0 spiro atoms. The summed E-state index contributed by atoms with van der Waals surface area (Å²) in [6.45, 7) is 4.81. The molecule has 0 bridgehead atoms. The number of rotatable bonds is 7. The maximum atomic E-state index is 12.6. The fourth-order valence-corrected chi connectivity index (χ4v) is 4.25. The standard InChI is InChI=1S/C22H28N2O4S/c1-16(2)18-12-10-17(11-13-18)7-6-14-23-22(25)21-15-24(29(3,26)27)19-8-4-5-9-20(19)28-21/h4-5,8-13,16,21H,6-7,14-15H2,1-3H3,(H,23,25)/t21-/m1/s1. The molecule has 0 unspecified atom stereocenters. The second-order valence-corrected chi connectivity index (χ2v) is 9.57. The van der Waals surface area contributed by atoms with Crippen molar-refractivity contribution < 1.29 is 17.9 Å². The highest BCUT2D eigenvalue weighted by Crippen LogP contribution is 2.34. The molecule has 0 aromatic heterocycles. The van der Waals surface area contributed by atoms with Crippen molar-refractivity contribution in [1.82, 2.24) is 5.32 Å². The summed E-state index contributed by atoms with van der Waals surface area (Å²) < 4.78 is 31.3. The molecule has 29 heavy (non-hydrogen) atoms. The summed E-state index contributed by atoms with van der Waals surface area (Å²) in [5.74, 6) is 0.605. The Labute approximate surface area is 172 Å². The molecule has 3 rings (SSSR count). The van der Waals surface area contributed by atoms with Crippen molar-refractivity contribution in [3.05, 3.63) is 59.7 Å². The lowest BCUT2D eigenvalue weighted by Crippen LogP contribution is -2.50. The average molecular weight is 417 g/mol. The van der Waals surface area contributed by atoms with Gasteiger partial charge in [0.1, 0.15) is 5.75 Å². The van der Waals surface area contributed by atoms with Crippen LogP contribution >= 0.6 is 0 Å². The summed E-state index contributed by atoms with van der Waals surface area (Å²) in [7, 11) is -3.50. The lowest BCUT2D eigenvalue weighted by Gasteiger charge is -2.33. The number of hydrogen-bond acceptors (Lipinski definition) is 4. The maximum Gasteiger partial charge on any atom is 0.263 e. The Bertz CT molecular complexity index is 955. The third kappa shape index (κ3) is 5.29. The van der Waals surface area contributed by atoms with Gasteiger partial charge >= 0.3 is 0 Å². The van der Waals surface area contributed by atoms with Crippen LogP contribution in [0.2, 0.25) is 0 Å². The third-order valence-corrected chi connectivity index (χ3v) is 6.16. The molecule has 0 radical (unpaired) electrons. The van der Waals surface area contributed by atoms with Crippen LogP contribution in [0.15, 0.2) is 48.5 Å². The van der Waals surface area contributed by atoms with Gasteiger partial charge in [-0.05, 0) is 42.0 Å². The van der Waals surface area contributed by atoms with Crippen LogP contribution in [0, 0.1) is 0 Å². The monoisotopic (exact) mass is 416 g/mol. The molecule has 0 saturated carbocycles. The first-order valence-electron chi connectivity index (χ1n) is 9.85. The topological polar surface area (TPSA) is 75.7 Å². The Hall–Kier alpha value is -2.54. The minimum atomic E-state index is -3.50. The lowest BCUT2D eigenvalue weighted by molar-refractivity contribution is -0.127. The first-order chi connectivity index (χ1) is 13.8. The molecule has 1 amide bonds. The molecule has 1 heterocycles. The molecule has 0 aliphatic carbocycles. The van der Waals surface area contributed by atoms with E-state index in [0.717, 1.165) is 19.1 Å². The SMILES string of the molecule is CC(C)c1ccc(CCCNC(=O)[C@H]2CN(S(C)(=O)=O)c3ccccc3O2)cc1. The molecule has 1 aliphatic heterocycles. The van der Waals surface area contributed by atoms with Crippen LogP contribution in [0.3, 0.4) is 0 Å². The molecular formula is C22H28N2O4S. The summed E-state index contributed by atoms with van der Waals surface area (Å²) in [5.41, 5.74) is 3.01. The van der Waals surface area contributed by atoms with Crippen molar-refractivity contribution in [2.45, 2.75) is 38.7 Å². The number of hydrogen-bond donors (Lipinski definition) is 1. The van der Waals surface area contributed by atoms with Gasteiger partial charge in [0.2, 0.25) is 10.0 Å². The van der Waals surface area contributed by atoms with Gasteiger partial charge < -0.3 is 10.1 Å². The zero-order valence-electron chi connectivity index (χ0n) is 17.1. The molecule has 0 saturated heterocycles. The number of aryl methyl sites for hydroxylation is 1. The normalized spacial score (nSPS) is 16.3. The Morgan fingerprint density at radius 1 is 1.17 bits per heavy atom. The van der Waals surface area contributed by atoms with Gasteiger partial charge in [-0.25, -0.2) is 8.42 Å². The van der Waals surface area contributed by atoms with Crippen LogP contribution in [-0.2, 0) is 21.2 Å². The summed E-state index contributed by atoms with van der Waals surface area (Å²) in [5, 5.41) is 2.87. The van der Waals surface area contributed by atoms with Crippen LogP contribution in [0.1, 0.15) is 37.3 Å². The van der Waals surface area contributed by atoms with Crippen molar-refractivity contribution in [2.24, 2.45) is 0 Å². The number of nitrogens with one attached hydrogen (secondary N) is 1. The zero-order chi connectivity index (χ0) is 21.0. The van der Waals surface area contributed by atoms with E-state index in [9.17, 15) is 13.2 Å². The van der Waals surface area contributed by atoms with Crippen LogP contribution in [0.25, 0.3) is 0 Å². The zero-order valence-corrected chi connectivity index (χ0v) is 17.9. The van der Waals surface area contributed by atoms with Crippen molar-refractivity contribution >= 4 is 21.6 Å². The number of anilines is 1. The van der Waals surface area contributed by atoms with Gasteiger partial charge in [0.25, 0.3) is 5.91 Å². The molecule has 1 atom stereocenters. The van der Waals surface area contributed by atoms with Gasteiger partial charge in [0.15, 0.2) is 6.10 Å². The molecular weight excluding hydrogens is 388 g/mol. The fraction of sp³-hybridized carbons (Fsp3) is 0.409. The number of fused-ring (bicyclic) bond motifs is 1. The van der Waals surface area contributed by atoms with E-state index in [1.165, 1.54) is 15.4 Å². The van der Waals surface area contributed by atoms with Crippen LogP contribution in [-0.4, -0.2) is 39.8 Å². The summed E-state index contributed by atoms with van der Waals surface area (Å²) >= 11 is 0. The van der Waals surface area contributed by atoms with Gasteiger partial charge in [-0.3, -0.25) is 9.10 Å². The second-order valence-electron chi connectivity index (χ2n) is 7.66. The van der Waals surface area contributed by atoms with E-state index in [1.807, 2.05) is 0 Å². The lowest BCUT2D eigenvalue weighted by atomic mass is 10.0. The molecule has 1 aliphatic rings. The molecule has 7 heteroatoms. The Morgan fingerprint density at radius 3 is 2.52 bits per heavy atom. The number of ether oxygens (including phenoxy) is 1. The smallest absolute Gasteiger partial charge is 0.263 e. The predicted molar refractivity (Wildman–Crippen MR) is 115 cm³/mol. The van der Waals surface area contributed by atoms with E-state index in [1.54, 1.807) is 24.3 Å². The first kappa shape index (κ1) is 21.2. The highest BCUT2D eigenvalue weighted by Gasteiger charge is 2.34. The highest BCUT2D eigenvalue weighted by atomic mass is 32.2. The van der Waals surface area contributed by atoms with Crippen molar-refractivity contribution in [3.63, 3.8) is 0 Å². The van der Waals surface area contributed by atoms with E-state index in [4.69, 9.17) is 4.74 Å². The number of sulfonamides is 1. The maximum absolute atomic E-state index is 12.6. The summed E-state index contributed by atoms with van der Waals surface area (Å²) in [6, 6.07) is 15.4. The summed E-state index contributed by atoms with van der Waals surface area (Å²) in [4.78, 5) is 12.6. The van der Waals surface area contributed by atoms with Crippen LogP contribution < -0.4 is 14.4 Å². The average Bonchev–Trinajstić information content (AvgIpc) is 2.69. The third-order valence-electron chi connectivity index (χ3n) is 5.02. The van der Waals surface area contributed by atoms with Gasteiger partial charge in [0, 0.05) is 6.54 Å². The number of benzene rings is 2. The van der Waals surface area contributed by atoms with E-state index in [0.29, 0.717) is 23.9 Å². The van der Waals surface area contributed by atoms with Crippen molar-refractivity contribution in [2.75, 3.05) is 23.7 Å². The Balaban J connectivity index is 1.54. The fourth-order valence-electron chi connectivity index (χ4n) is 3.34. The van der Waals surface area contributed by atoms with E-state index < -0.39 is 16.1 Å². The van der Waals surface area contributed by atoms with Crippen molar-refractivity contribution in [3.8, 4) is 5.75 Å². The number of amides is 1. The summed E-state index contributed by atoms with van der Waals surface area (Å²) in [6.07, 6.45) is 1.92. The number of nitrogens with zero attached hydrogens (tertiary/aromatic N) is 1. The van der Waals surface area contributed by atoms with Gasteiger partial charge in [-0.1, -0.05) is 50.2 Å². The second kappa shape index (κ2) is 8.86. The van der Waals surface area contributed by atoms with Crippen LogP contribution in [0.5, 0.6) is 5.75 Å². The molecule has 2 aromatic carbocycles. The number of carbonyl (C=O) groups excluding carboxylic acids is 1.